The molecule has 0 amide bonds. The van der Waals surface area contributed by atoms with Crippen LogP contribution in [0.15, 0.2) is 16.9 Å². The van der Waals surface area contributed by atoms with E-state index < -0.39 is 0 Å². The van der Waals surface area contributed by atoms with Crippen molar-refractivity contribution < 1.29 is 3.89 Å². The molecule has 0 radical (unpaired) electrons. The highest BCUT2D eigenvalue weighted by Gasteiger charge is 2.09. The maximum Gasteiger partial charge on any atom is 0.188 e. The van der Waals surface area contributed by atoms with Gasteiger partial charge in [0, 0.05) is 16.1 Å². The van der Waals surface area contributed by atoms with Crippen molar-refractivity contribution in [3.8, 4) is 0 Å². The Labute approximate surface area is 86.9 Å². The fourth-order valence-corrected chi connectivity index (χ4v) is 1.95. The van der Waals surface area contributed by atoms with Crippen LogP contribution >= 0.6 is 28.3 Å². The van der Waals surface area contributed by atoms with E-state index in [2.05, 4.69) is 26.0 Å². The quantitative estimate of drug-likeness (QED) is 0.791. The second-order valence-corrected chi connectivity index (χ2v) is 3.88. The van der Waals surface area contributed by atoms with Crippen molar-refractivity contribution in [3.63, 3.8) is 0 Å². The van der Waals surface area contributed by atoms with Gasteiger partial charge in [0.25, 0.3) is 0 Å². The first-order chi connectivity index (χ1) is 6.24. The Morgan fingerprint density at radius 3 is 3.00 bits per heavy atom. The van der Waals surface area contributed by atoms with Crippen LogP contribution in [0, 0.1) is 6.92 Å². The van der Waals surface area contributed by atoms with Gasteiger partial charge in [0.15, 0.2) is 12.3 Å². The van der Waals surface area contributed by atoms with Crippen molar-refractivity contribution >= 4 is 39.2 Å². The van der Waals surface area contributed by atoms with E-state index in [1.807, 2.05) is 6.92 Å². The summed E-state index contributed by atoms with van der Waals surface area (Å²) in [6.07, 6.45) is 3.30. The summed E-state index contributed by atoms with van der Waals surface area (Å²) in [6, 6.07) is 0. The largest absolute Gasteiger partial charge is 0.258 e. The van der Waals surface area contributed by atoms with Crippen LogP contribution in [-0.2, 0) is 0 Å². The number of aromatic nitrogens is 3. The maximum absolute atomic E-state index is 12.4. The van der Waals surface area contributed by atoms with E-state index in [4.69, 9.17) is 0 Å². The van der Waals surface area contributed by atoms with Crippen molar-refractivity contribution in [2.45, 2.75) is 6.92 Å². The van der Waals surface area contributed by atoms with Crippen molar-refractivity contribution in [3.05, 3.63) is 22.6 Å². The zero-order chi connectivity index (χ0) is 9.42. The molecule has 2 rings (SSSR count). The van der Waals surface area contributed by atoms with E-state index in [-0.39, 0.29) is 12.3 Å². The molecule has 0 N–H and O–H groups in total. The Morgan fingerprint density at radius 2 is 2.31 bits per heavy atom. The third-order valence-corrected chi connectivity index (χ3v) is 2.81. The smallest absolute Gasteiger partial charge is 0.188 e. The first-order valence-electron chi connectivity index (χ1n) is 3.52. The molecule has 68 valence electrons. The van der Waals surface area contributed by atoms with Gasteiger partial charge in [-0.15, -0.1) is 3.89 Å². The lowest BCUT2D eigenvalue weighted by Crippen LogP contribution is -1.90. The normalized spacial score (nSPS) is 11.0. The summed E-state index contributed by atoms with van der Waals surface area (Å²) in [5.74, 6) is 0. The Bertz CT molecular complexity index is 456. The van der Waals surface area contributed by atoms with E-state index in [1.165, 1.54) is 4.09 Å². The number of pyridine rings is 1. The fraction of sp³-hybridized carbons (Fsp3) is 0.143. The molecule has 2 aromatic rings. The van der Waals surface area contributed by atoms with Crippen molar-refractivity contribution in [2.24, 2.45) is 0 Å². The molecule has 0 saturated heterocycles. The predicted octanol–water partition coefficient (Wildman–Crippen LogP) is 2.88. The molecule has 0 atom stereocenters. The number of hydrogen-bond donors (Lipinski definition) is 0. The van der Waals surface area contributed by atoms with Crippen molar-refractivity contribution in [1.82, 2.24) is 14.2 Å². The number of nitrogens with zero attached hydrogens (tertiary/aromatic N) is 3. The summed E-state index contributed by atoms with van der Waals surface area (Å²) in [4.78, 5) is 4.10. The van der Waals surface area contributed by atoms with Gasteiger partial charge in [0.05, 0.1) is 11.9 Å². The zero-order valence-corrected chi connectivity index (χ0v) is 9.06. The second kappa shape index (κ2) is 3.26. The molecule has 0 aliphatic carbocycles. The van der Waals surface area contributed by atoms with E-state index >= 15 is 0 Å². The molecule has 0 aliphatic rings. The molecule has 6 heteroatoms. The number of aryl methyl sites for hydroxylation is 1. The van der Waals surface area contributed by atoms with Gasteiger partial charge in [-0.2, -0.15) is 9.19 Å². The molecule has 13 heavy (non-hydrogen) atoms. The van der Waals surface area contributed by atoms with Crippen molar-refractivity contribution in [1.29, 1.82) is 0 Å². The summed E-state index contributed by atoms with van der Waals surface area (Å²) in [5.41, 5.74) is 1.47. The summed E-state index contributed by atoms with van der Waals surface area (Å²) in [7, 11) is 0. The average Bonchev–Trinajstić information content (AvgIpc) is 2.56. The summed E-state index contributed by atoms with van der Waals surface area (Å²) in [6.45, 7) is 1.82. The molecular formula is C7H5BrFN3S. The average molecular weight is 262 g/mol. The fourth-order valence-electron chi connectivity index (χ4n) is 1.18. The minimum Gasteiger partial charge on any atom is -0.258 e. The summed E-state index contributed by atoms with van der Waals surface area (Å²) in [5, 5.41) is 4.74. The van der Waals surface area contributed by atoms with Crippen LogP contribution in [0.25, 0.3) is 10.9 Å². The van der Waals surface area contributed by atoms with Crippen LogP contribution in [0.2, 0.25) is 0 Å². The molecule has 0 spiro atoms. The molecule has 0 unspecified atom stereocenters. The Hall–Kier alpha value is -0.620. The van der Waals surface area contributed by atoms with Gasteiger partial charge in [-0.1, -0.05) is 0 Å². The number of rotatable bonds is 1. The van der Waals surface area contributed by atoms with Gasteiger partial charge < -0.3 is 0 Å². The maximum atomic E-state index is 12.4. The summed E-state index contributed by atoms with van der Waals surface area (Å²) < 4.78 is 14.4. The van der Waals surface area contributed by atoms with Crippen LogP contribution in [0.1, 0.15) is 5.69 Å². The highest BCUT2D eigenvalue weighted by Crippen LogP contribution is 2.27. The molecule has 3 nitrogen and oxygen atoms in total. The zero-order valence-electron chi connectivity index (χ0n) is 6.66. The number of fused-ring (bicyclic) bond motifs is 1. The van der Waals surface area contributed by atoms with E-state index in [0.29, 0.717) is 5.52 Å². The molecule has 2 aromatic heterocycles. The summed E-state index contributed by atoms with van der Waals surface area (Å²) >= 11 is 3.40. The van der Waals surface area contributed by atoms with Gasteiger partial charge in [-0.3, -0.25) is 4.98 Å². The molecule has 0 saturated carbocycles. The van der Waals surface area contributed by atoms with Crippen LogP contribution in [0.5, 0.6) is 0 Å². The molecule has 0 aromatic carbocycles. The van der Waals surface area contributed by atoms with Crippen LogP contribution < -0.4 is 0 Å². The lowest BCUT2D eigenvalue weighted by Gasteiger charge is -1.98. The molecule has 2 heterocycles. The Morgan fingerprint density at radius 1 is 1.54 bits per heavy atom. The molecule has 0 aliphatic heterocycles. The van der Waals surface area contributed by atoms with Gasteiger partial charge in [0.2, 0.25) is 0 Å². The van der Waals surface area contributed by atoms with Gasteiger partial charge >= 0.3 is 0 Å². The topological polar surface area (TPSA) is 30.7 Å². The van der Waals surface area contributed by atoms with E-state index in [0.717, 1.165) is 15.6 Å². The lowest BCUT2D eigenvalue weighted by molar-refractivity contribution is 0.886. The molecular weight excluding hydrogens is 257 g/mol. The Balaban J connectivity index is 2.87. The van der Waals surface area contributed by atoms with Gasteiger partial charge in [-0.25, -0.2) is 0 Å². The van der Waals surface area contributed by atoms with E-state index in [9.17, 15) is 3.89 Å². The van der Waals surface area contributed by atoms with E-state index in [1.54, 1.807) is 12.4 Å². The van der Waals surface area contributed by atoms with Crippen LogP contribution in [0.3, 0.4) is 0 Å². The minimum absolute atomic E-state index is 0.0725. The molecule has 0 fully saturated rings. The SMILES string of the molecule is Cc1ncc(Br)c2cnn(SF)c12. The number of halogens is 2. The molecule has 0 bridgehead atoms. The minimum atomic E-state index is 0.0725. The first-order valence-corrected chi connectivity index (χ1v) is 4.98. The second-order valence-electron chi connectivity index (χ2n) is 2.54. The standard InChI is InChI=1S/C7H5BrFN3S/c1-4-7-5(6(8)3-10-4)2-11-12(7)13-9/h2-3H,1H3. The highest BCUT2D eigenvalue weighted by molar-refractivity contribution is 9.10. The number of hydrogen-bond acceptors (Lipinski definition) is 3. The third kappa shape index (κ3) is 1.34. The highest BCUT2D eigenvalue weighted by atomic mass is 79.9. The van der Waals surface area contributed by atoms with Crippen LogP contribution in [0.4, 0.5) is 3.89 Å². The lowest BCUT2D eigenvalue weighted by atomic mass is 10.3. The van der Waals surface area contributed by atoms with Gasteiger partial charge in [-0.05, 0) is 22.9 Å². The monoisotopic (exact) mass is 261 g/mol. The first kappa shape index (κ1) is 8.96. The Kier molecular flexibility index (Phi) is 2.25. The predicted molar refractivity (Wildman–Crippen MR) is 54.1 cm³/mol. The van der Waals surface area contributed by atoms with Crippen molar-refractivity contribution in [2.75, 3.05) is 0 Å². The third-order valence-electron chi connectivity index (χ3n) is 1.78. The van der Waals surface area contributed by atoms with Crippen LogP contribution in [-0.4, -0.2) is 14.2 Å². The van der Waals surface area contributed by atoms with Gasteiger partial charge in [0.1, 0.15) is 5.52 Å².